The highest BCUT2D eigenvalue weighted by Crippen LogP contribution is 2.42. The zero-order valence-corrected chi connectivity index (χ0v) is 18.2. The molecule has 0 radical (unpaired) electrons. The summed E-state index contributed by atoms with van der Waals surface area (Å²) < 4.78 is 12.1. The number of fused-ring (bicyclic) bond motifs is 1. The van der Waals surface area contributed by atoms with E-state index in [0.717, 1.165) is 12.5 Å². The molecule has 1 aliphatic heterocycles. The Hall–Kier alpha value is -0.0800. The maximum atomic E-state index is 6.37. The van der Waals surface area contributed by atoms with Gasteiger partial charge in [-0.2, -0.15) is 0 Å². The van der Waals surface area contributed by atoms with Crippen molar-refractivity contribution < 1.29 is 9.47 Å². The first-order valence-corrected chi connectivity index (χ1v) is 11.9. The third-order valence-corrected chi connectivity index (χ3v) is 6.90. The van der Waals surface area contributed by atoms with E-state index in [2.05, 4.69) is 27.7 Å². The van der Waals surface area contributed by atoms with Gasteiger partial charge in [-0.1, -0.05) is 58.8 Å². The molecule has 4 atom stereocenters. The number of rotatable bonds is 15. The Labute approximate surface area is 163 Å². The van der Waals surface area contributed by atoms with Gasteiger partial charge < -0.3 is 9.47 Å². The van der Waals surface area contributed by atoms with Gasteiger partial charge in [0.25, 0.3) is 0 Å². The largest absolute Gasteiger partial charge is 0.375 e. The topological polar surface area (TPSA) is 21.8 Å². The fraction of sp³-hybridized carbons (Fsp3) is 1.00. The molecule has 2 rings (SSSR count). The standard InChI is InChI=1S/C24H46O2/c1-5-7-9-10-11-12-13-21(24(3,4)25-18-8-6-2)16-14-20-15-17-22-23(19-20)26-22/h20-23H,5-19H2,1-4H3. The molecule has 26 heavy (non-hydrogen) atoms. The van der Waals surface area contributed by atoms with Gasteiger partial charge in [0.15, 0.2) is 0 Å². The van der Waals surface area contributed by atoms with E-state index in [1.165, 1.54) is 89.9 Å². The summed E-state index contributed by atoms with van der Waals surface area (Å²) in [5, 5.41) is 0. The summed E-state index contributed by atoms with van der Waals surface area (Å²) in [7, 11) is 0. The molecule has 1 aliphatic carbocycles. The van der Waals surface area contributed by atoms with Crippen LogP contribution in [-0.2, 0) is 9.47 Å². The summed E-state index contributed by atoms with van der Waals surface area (Å²) in [6, 6.07) is 0. The predicted octanol–water partition coefficient (Wildman–Crippen LogP) is 7.30. The van der Waals surface area contributed by atoms with Crippen LogP contribution in [0.3, 0.4) is 0 Å². The van der Waals surface area contributed by atoms with Crippen LogP contribution in [0, 0.1) is 11.8 Å². The van der Waals surface area contributed by atoms with E-state index in [-0.39, 0.29) is 5.60 Å². The van der Waals surface area contributed by atoms with Crippen LogP contribution < -0.4 is 0 Å². The second-order valence-electron chi connectivity index (χ2n) is 9.53. The van der Waals surface area contributed by atoms with Crippen molar-refractivity contribution >= 4 is 0 Å². The molecule has 1 heterocycles. The quantitative estimate of drug-likeness (QED) is 0.224. The van der Waals surface area contributed by atoms with E-state index in [0.29, 0.717) is 18.1 Å². The average molecular weight is 367 g/mol. The molecule has 2 aliphatic rings. The molecular formula is C24H46O2. The van der Waals surface area contributed by atoms with Gasteiger partial charge in [-0.25, -0.2) is 0 Å². The van der Waals surface area contributed by atoms with Crippen molar-refractivity contribution in [3.05, 3.63) is 0 Å². The Morgan fingerprint density at radius 3 is 2.35 bits per heavy atom. The van der Waals surface area contributed by atoms with Gasteiger partial charge in [0.2, 0.25) is 0 Å². The summed E-state index contributed by atoms with van der Waals surface area (Å²) >= 11 is 0. The first kappa shape index (κ1) is 22.2. The molecule has 1 saturated heterocycles. The average Bonchev–Trinajstić information content (AvgIpc) is 3.39. The maximum absolute atomic E-state index is 6.37. The van der Waals surface area contributed by atoms with Crippen molar-refractivity contribution in [3.63, 3.8) is 0 Å². The van der Waals surface area contributed by atoms with E-state index < -0.39 is 0 Å². The highest BCUT2D eigenvalue weighted by atomic mass is 16.6. The van der Waals surface area contributed by atoms with Crippen LogP contribution >= 0.6 is 0 Å². The van der Waals surface area contributed by atoms with E-state index in [4.69, 9.17) is 9.47 Å². The number of ether oxygens (including phenoxy) is 2. The van der Waals surface area contributed by atoms with Crippen molar-refractivity contribution in [3.8, 4) is 0 Å². The molecule has 0 aromatic heterocycles. The summed E-state index contributed by atoms with van der Waals surface area (Å²) in [5.41, 5.74) is 0.0336. The number of epoxide rings is 1. The third-order valence-electron chi connectivity index (χ3n) is 6.90. The van der Waals surface area contributed by atoms with Crippen molar-refractivity contribution in [2.75, 3.05) is 6.61 Å². The Kier molecular flexibility index (Phi) is 9.99. The summed E-state index contributed by atoms with van der Waals surface area (Å²) in [6.07, 6.45) is 20.1. The highest BCUT2D eigenvalue weighted by molar-refractivity contribution is 4.92. The number of unbranched alkanes of at least 4 members (excludes halogenated alkanes) is 6. The molecule has 2 nitrogen and oxygen atoms in total. The molecule has 4 unspecified atom stereocenters. The second-order valence-corrected chi connectivity index (χ2v) is 9.53. The minimum atomic E-state index is 0.0336. The zero-order chi connectivity index (χ0) is 18.8. The lowest BCUT2D eigenvalue weighted by Gasteiger charge is -2.36. The lowest BCUT2D eigenvalue weighted by molar-refractivity contribution is -0.0681. The maximum Gasteiger partial charge on any atom is 0.0844 e. The van der Waals surface area contributed by atoms with Gasteiger partial charge in [0.1, 0.15) is 0 Å². The molecule has 0 aromatic rings. The number of hydrogen-bond acceptors (Lipinski definition) is 2. The lowest BCUT2D eigenvalue weighted by Crippen LogP contribution is -2.35. The van der Waals surface area contributed by atoms with Gasteiger partial charge in [-0.05, 0) is 70.6 Å². The minimum absolute atomic E-state index is 0.0336. The van der Waals surface area contributed by atoms with Gasteiger partial charge in [-0.3, -0.25) is 0 Å². The van der Waals surface area contributed by atoms with E-state index in [1.807, 2.05) is 0 Å². The molecule has 2 fully saturated rings. The van der Waals surface area contributed by atoms with Crippen molar-refractivity contribution in [2.24, 2.45) is 11.8 Å². The molecule has 0 bridgehead atoms. The van der Waals surface area contributed by atoms with Crippen molar-refractivity contribution in [1.29, 1.82) is 0 Å². The Balaban J connectivity index is 1.74. The first-order valence-electron chi connectivity index (χ1n) is 11.9. The molecule has 2 heteroatoms. The van der Waals surface area contributed by atoms with Crippen LogP contribution in [0.15, 0.2) is 0 Å². The van der Waals surface area contributed by atoms with Gasteiger partial charge in [0.05, 0.1) is 17.8 Å². The molecule has 0 N–H and O–H groups in total. The monoisotopic (exact) mass is 366 g/mol. The van der Waals surface area contributed by atoms with Crippen LogP contribution in [0.2, 0.25) is 0 Å². The van der Waals surface area contributed by atoms with Gasteiger partial charge in [-0.15, -0.1) is 0 Å². The number of hydrogen-bond donors (Lipinski definition) is 0. The fourth-order valence-corrected chi connectivity index (χ4v) is 4.79. The van der Waals surface area contributed by atoms with Crippen LogP contribution in [-0.4, -0.2) is 24.4 Å². The zero-order valence-electron chi connectivity index (χ0n) is 18.2. The van der Waals surface area contributed by atoms with Crippen LogP contribution in [0.4, 0.5) is 0 Å². The summed E-state index contributed by atoms with van der Waals surface area (Å²) in [6.45, 7) is 10.2. The molecule has 0 aromatic carbocycles. The third kappa shape index (κ3) is 7.89. The Morgan fingerprint density at radius 2 is 1.62 bits per heavy atom. The summed E-state index contributed by atoms with van der Waals surface area (Å²) in [5.74, 6) is 1.61. The highest BCUT2D eigenvalue weighted by Gasteiger charge is 2.43. The molecular weight excluding hydrogens is 320 g/mol. The van der Waals surface area contributed by atoms with E-state index in [9.17, 15) is 0 Å². The lowest BCUT2D eigenvalue weighted by atomic mass is 9.78. The SMILES string of the molecule is CCCCCCCCC(CCC1CCC2OC2C1)C(C)(C)OCCCC. The van der Waals surface area contributed by atoms with Crippen molar-refractivity contribution in [1.82, 2.24) is 0 Å². The smallest absolute Gasteiger partial charge is 0.0844 e. The first-order chi connectivity index (χ1) is 12.6. The van der Waals surface area contributed by atoms with E-state index in [1.54, 1.807) is 0 Å². The van der Waals surface area contributed by atoms with Crippen molar-refractivity contribution in [2.45, 2.75) is 135 Å². The van der Waals surface area contributed by atoms with Gasteiger partial charge >= 0.3 is 0 Å². The predicted molar refractivity (Wildman–Crippen MR) is 112 cm³/mol. The Morgan fingerprint density at radius 1 is 0.885 bits per heavy atom. The second kappa shape index (κ2) is 11.7. The summed E-state index contributed by atoms with van der Waals surface area (Å²) in [4.78, 5) is 0. The van der Waals surface area contributed by atoms with Gasteiger partial charge in [0, 0.05) is 6.61 Å². The minimum Gasteiger partial charge on any atom is -0.375 e. The molecule has 1 saturated carbocycles. The van der Waals surface area contributed by atoms with Crippen LogP contribution in [0.5, 0.6) is 0 Å². The molecule has 154 valence electrons. The fourth-order valence-electron chi connectivity index (χ4n) is 4.79. The molecule has 0 amide bonds. The van der Waals surface area contributed by atoms with Crippen LogP contribution in [0.25, 0.3) is 0 Å². The normalized spacial score (nSPS) is 26.5. The van der Waals surface area contributed by atoms with E-state index >= 15 is 0 Å². The Bertz CT molecular complexity index is 365. The molecule has 0 spiro atoms. The van der Waals surface area contributed by atoms with Crippen LogP contribution in [0.1, 0.15) is 118 Å².